The van der Waals surface area contributed by atoms with Gasteiger partial charge in [-0.2, -0.15) is 0 Å². The van der Waals surface area contributed by atoms with Crippen molar-refractivity contribution in [1.29, 1.82) is 0 Å². The molecule has 0 radical (unpaired) electrons. The van der Waals surface area contributed by atoms with Gasteiger partial charge in [0.15, 0.2) is 17.5 Å². The molecule has 246 valence electrons. The molecular weight excluding hydrogens is 649 g/mol. The first-order valence-electron chi connectivity index (χ1n) is 17.7. The van der Waals surface area contributed by atoms with Gasteiger partial charge in [-0.1, -0.05) is 133 Å². The van der Waals surface area contributed by atoms with Crippen molar-refractivity contribution >= 4 is 65.2 Å². The maximum absolute atomic E-state index is 6.28. The molecule has 0 saturated heterocycles. The van der Waals surface area contributed by atoms with Gasteiger partial charge in [-0.25, -0.2) is 15.0 Å². The van der Waals surface area contributed by atoms with Gasteiger partial charge in [0.2, 0.25) is 0 Å². The molecule has 5 nitrogen and oxygen atoms in total. The molecular formula is C48H28N4O. The summed E-state index contributed by atoms with van der Waals surface area (Å²) in [4.78, 5) is 20.5. The minimum Gasteiger partial charge on any atom is -0.456 e. The monoisotopic (exact) mass is 676 g/mol. The number of hydrogen-bond donors (Lipinski definition) is 0. The fourth-order valence-corrected chi connectivity index (χ4v) is 7.98. The van der Waals surface area contributed by atoms with E-state index in [1.54, 1.807) is 0 Å². The first-order chi connectivity index (χ1) is 26.3. The second kappa shape index (κ2) is 11.7. The molecule has 0 bridgehead atoms. The Bertz CT molecular complexity index is 3240. The lowest BCUT2D eigenvalue weighted by atomic mass is 9.92. The Morgan fingerprint density at radius 3 is 1.75 bits per heavy atom. The fraction of sp³-hybridized carbons (Fsp3) is 0. The van der Waals surface area contributed by atoms with E-state index in [1.165, 1.54) is 5.39 Å². The summed E-state index contributed by atoms with van der Waals surface area (Å²) in [7, 11) is 0. The molecule has 8 aromatic carbocycles. The number of fused-ring (bicyclic) bond motifs is 9. The van der Waals surface area contributed by atoms with Crippen LogP contribution in [0, 0.1) is 0 Å². The van der Waals surface area contributed by atoms with Crippen molar-refractivity contribution in [2.75, 3.05) is 0 Å². The Hall–Kier alpha value is -7.24. The van der Waals surface area contributed by atoms with Crippen LogP contribution in [0.1, 0.15) is 0 Å². The summed E-state index contributed by atoms with van der Waals surface area (Å²) in [6, 6.07) is 56.6. The van der Waals surface area contributed by atoms with Crippen LogP contribution in [0.3, 0.4) is 0 Å². The highest BCUT2D eigenvalue weighted by molar-refractivity contribution is 6.22. The van der Waals surface area contributed by atoms with Crippen LogP contribution in [0.5, 0.6) is 0 Å². The largest absolute Gasteiger partial charge is 0.456 e. The Balaban J connectivity index is 1.17. The zero-order valence-electron chi connectivity index (χ0n) is 28.4. The number of aromatic nitrogens is 4. The van der Waals surface area contributed by atoms with Crippen LogP contribution in [-0.4, -0.2) is 19.9 Å². The molecule has 0 N–H and O–H groups in total. The number of pyridine rings is 1. The summed E-state index contributed by atoms with van der Waals surface area (Å²) in [6.07, 6.45) is 1.96. The highest BCUT2D eigenvalue weighted by Gasteiger charge is 2.20. The summed E-state index contributed by atoms with van der Waals surface area (Å²) in [5.74, 6) is 1.85. The quantitative estimate of drug-likeness (QED) is 0.174. The van der Waals surface area contributed by atoms with Gasteiger partial charge < -0.3 is 4.42 Å². The van der Waals surface area contributed by atoms with E-state index in [4.69, 9.17) is 24.4 Å². The third kappa shape index (κ3) is 4.64. The molecule has 3 aromatic heterocycles. The SMILES string of the molecule is c1ccc(-c2nc(-c3ccc(-c4cccc5oc6ccccc6c45)c4ccccc34)nc(-c3cc4cnc5ccccc5c4c4ccccc34)n2)cc1. The first-order valence-corrected chi connectivity index (χ1v) is 17.7. The number of rotatable bonds is 4. The topological polar surface area (TPSA) is 64.7 Å². The van der Waals surface area contributed by atoms with Gasteiger partial charge in [0.05, 0.1) is 5.52 Å². The molecule has 11 rings (SSSR count). The van der Waals surface area contributed by atoms with E-state index < -0.39 is 0 Å². The van der Waals surface area contributed by atoms with Gasteiger partial charge in [0.25, 0.3) is 0 Å². The minimum atomic E-state index is 0.614. The molecule has 0 amide bonds. The summed E-state index contributed by atoms with van der Waals surface area (Å²) < 4.78 is 6.28. The maximum atomic E-state index is 6.28. The van der Waals surface area contributed by atoms with E-state index in [9.17, 15) is 0 Å². The lowest BCUT2D eigenvalue weighted by molar-refractivity contribution is 0.669. The van der Waals surface area contributed by atoms with E-state index in [-0.39, 0.29) is 0 Å². The molecule has 0 atom stereocenters. The number of nitrogens with zero attached hydrogens (tertiary/aromatic N) is 4. The van der Waals surface area contributed by atoms with Crippen molar-refractivity contribution in [2.45, 2.75) is 0 Å². The highest BCUT2D eigenvalue weighted by atomic mass is 16.3. The van der Waals surface area contributed by atoms with E-state index >= 15 is 0 Å². The van der Waals surface area contributed by atoms with E-state index in [0.717, 1.165) is 87.6 Å². The van der Waals surface area contributed by atoms with Crippen LogP contribution < -0.4 is 0 Å². The van der Waals surface area contributed by atoms with Crippen molar-refractivity contribution in [3.05, 3.63) is 170 Å². The molecule has 0 aliphatic heterocycles. The molecule has 3 heterocycles. The van der Waals surface area contributed by atoms with Crippen LogP contribution in [0.2, 0.25) is 0 Å². The normalized spacial score (nSPS) is 11.8. The van der Waals surface area contributed by atoms with E-state index in [1.807, 2.05) is 48.7 Å². The van der Waals surface area contributed by atoms with Crippen molar-refractivity contribution in [3.8, 4) is 45.3 Å². The number of para-hydroxylation sites is 2. The molecule has 53 heavy (non-hydrogen) atoms. The lowest BCUT2D eigenvalue weighted by Gasteiger charge is -2.15. The molecule has 0 aliphatic rings. The van der Waals surface area contributed by atoms with Gasteiger partial charge in [-0.3, -0.25) is 4.98 Å². The van der Waals surface area contributed by atoms with Crippen LogP contribution in [0.25, 0.3) is 110 Å². The van der Waals surface area contributed by atoms with E-state index in [2.05, 4.69) is 121 Å². The zero-order chi connectivity index (χ0) is 34.9. The number of hydrogen-bond acceptors (Lipinski definition) is 5. The Labute approximate surface area is 303 Å². The second-order valence-corrected chi connectivity index (χ2v) is 13.4. The third-order valence-corrected chi connectivity index (χ3v) is 10.4. The Morgan fingerprint density at radius 2 is 0.943 bits per heavy atom. The van der Waals surface area contributed by atoms with E-state index in [0.29, 0.717) is 17.5 Å². The predicted octanol–water partition coefficient (Wildman–Crippen LogP) is 12.4. The summed E-state index contributed by atoms with van der Waals surface area (Å²) in [5.41, 5.74) is 7.77. The molecule has 0 unspecified atom stereocenters. The first kappa shape index (κ1) is 29.5. The lowest BCUT2D eigenvalue weighted by Crippen LogP contribution is -2.01. The predicted molar refractivity (Wildman–Crippen MR) is 217 cm³/mol. The minimum absolute atomic E-state index is 0.614. The van der Waals surface area contributed by atoms with Crippen LogP contribution >= 0.6 is 0 Å². The summed E-state index contributed by atoms with van der Waals surface area (Å²) in [5, 5.41) is 9.94. The van der Waals surface area contributed by atoms with Gasteiger partial charge in [-0.05, 0) is 63.0 Å². The van der Waals surface area contributed by atoms with Gasteiger partial charge in [-0.15, -0.1) is 0 Å². The van der Waals surface area contributed by atoms with Crippen molar-refractivity contribution in [1.82, 2.24) is 19.9 Å². The van der Waals surface area contributed by atoms with Gasteiger partial charge >= 0.3 is 0 Å². The average Bonchev–Trinajstić information content (AvgIpc) is 3.62. The second-order valence-electron chi connectivity index (χ2n) is 13.4. The van der Waals surface area contributed by atoms with Crippen LogP contribution in [0.15, 0.2) is 174 Å². The molecule has 0 fully saturated rings. The van der Waals surface area contributed by atoms with Crippen LogP contribution in [-0.2, 0) is 0 Å². The number of benzene rings is 8. The zero-order valence-corrected chi connectivity index (χ0v) is 28.4. The van der Waals surface area contributed by atoms with Crippen molar-refractivity contribution in [3.63, 3.8) is 0 Å². The third-order valence-electron chi connectivity index (χ3n) is 10.4. The van der Waals surface area contributed by atoms with Crippen LogP contribution in [0.4, 0.5) is 0 Å². The molecule has 5 heteroatoms. The average molecular weight is 677 g/mol. The Kier molecular flexibility index (Phi) is 6.48. The molecule has 0 aliphatic carbocycles. The van der Waals surface area contributed by atoms with Crippen molar-refractivity contribution in [2.24, 2.45) is 0 Å². The summed E-state index contributed by atoms with van der Waals surface area (Å²) >= 11 is 0. The summed E-state index contributed by atoms with van der Waals surface area (Å²) in [6.45, 7) is 0. The molecule has 0 saturated carbocycles. The van der Waals surface area contributed by atoms with Gasteiger partial charge in [0, 0.05) is 49.8 Å². The standard InChI is InChI=1S/C48H28N4O/c1-2-13-29(14-3-1)46-50-47(52-48(51-46)40-27-30-28-49-41-22-10-8-19-38(41)44(30)35-18-7-6-17-33(35)40)37-26-25-34(31-15-4-5-16-32(31)37)36-21-12-24-43-45(36)39-20-9-11-23-42(39)53-43/h1-28H. The fourth-order valence-electron chi connectivity index (χ4n) is 7.98. The molecule has 11 aromatic rings. The number of furan rings is 1. The van der Waals surface area contributed by atoms with Gasteiger partial charge in [0.1, 0.15) is 11.2 Å². The van der Waals surface area contributed by atoms with Crippen molar-refractivity contribution < 1.29 is 4.42 Å². The smallest absolute Gasteiger partial charge is 0.164 e. The Morgan fingerprint density at radius 1 is 0.358 bits per heavy atom. The highest BCUT2D eigenvalue weighted by Crippen LogP contribution is 2.42. The maximum Gasteiger partial charge on any atom is 0.164 e. The molecule has 0 spiro atoms.